The Kier molecular flexibility index (Phi) is 8.18. The molecule has 1 saturated heterocycles. The van der Waals surface area contributed by atoms with Crippen molar-refractivity contribution in [3.05, 3.63) is 36.5 Å². The van der Waals surface area contributed by atoms with E-state index in [4.69, 9.17) is 14.5 Å². The maximum Gasteiger partial charge on any atom is 0.193 e. The predicted octanol–water partition coefficient (Wildman–Crippen LogP) is 2.98. The van der Waals surface area contributed by atoms with Crippen LogP contribution in [0.25, 0.3) is 10.9 Å². The summed E-state index contributed by atoms with van der Waals surface area (Å²) in [6.45, 7) is 9.06. The molecule has 1 aliphatic heterocycles. The zero-order valence-corrected chi connectivity index (χ0v) is 17.3. The first-order chi connectivity index (χ1) is 13.8. The number of guanidine groups is 1. The molecule has 2 heterocycles. The minimum absolute atomic E-state index is 0.576. The van der Waals surface area contributed by atoms with E-state index in [-0.39, 0.29) is 0 Å². The quantitative estimate of drug-likeness (QED) is 0.387. The number of methoxy groups -OCH3 is 1. The monoisotopic (exact) mass is 386 g/mol. The Hall–Kier alpha value is -2.05. The Labute approximate surface area is 168 Å². The van der Waals surface area contributed by atoms with E-state index in [2.05, 4.69) is 58.2 Å². The average molecular weight is 387 g/mol. The second-order valence-corrected chi connectivity index (χ2v) is 7.33. The van der Waals surface area contributed by atoms with Gasteiger partial charge >= 0.3 is 0 Å². The molecule has 1 aromatic carbocycles. The lowest BCUT2D eigenvalue weighted by Gasteiger charge is -2.21. The second-order valence-electron chi connectivity index (χ2n) is 7.33. The number of benzene rings is 1. The summed E-state index contributed by atoms with van der Waals surface area (Å²) in [5.74, 6) is 1.62. The zero-order valence-electron chi connectivity index (χ0n) is 17.3. The Morgan fingerprint density at radius 3 is 3.00 bits per heavy atom. The van der Waals surface area contributed by atoms with Gasteiger partial charge < -0.3 is 24.3 Å². The van der Waals surface area contributed by atoms with Gasteiger partial charge in [0.2, 0.25) is 0 Å². The number of rotatable bonds is 10. The van der Waals surface area contributed by atoms with Crippen molar-refractivity contribution in [1.82, 2.24) is 14.8 Å². The summed E-state index contributed by atoms with van der Waals surface area (Å²) < 4.78 is 13.1. The van der Waals surface area contributed by atoms with Gasteiger partial charge in [0.1, 0.15) is 0 Å². The molecular weight excluding hydrogens is 352 g/mol. The van der Waals surface area contributed by atoms with Gasteiger partial charge in [0.05, 0.1) is 19.8 Å². The summed E-state index contributed by atoms with van der Waals surface area (Å²) >= 11 is 0. The molecular formula is C22H34N4O2. The molecule has 6 heteroatoms. The average Bonchev–Trinajstić information content (AvgIpc) is 3.35. The third-order valence-corrected chi connectivity index (χ3v) is 5.20. The van der Waals surface area contributed by atoms with E-state index in [0.717, 1.165) is 58.1 Å². The van der Waals surface area contributed by atoms with E-state index in [9.17, 15) is 0 Å². The fourth-order valence-electron chi connectivity index (χ4n) is 3.74. The number of aliphatic imine (C=N–C) groups is 1. The predicted molar refractivity (Wildman–Crippen MR) is 115 cm³/mol. The Morgan fingerprint density at radius 1 is 1.25 bits per heavy atom. The number of aromatic nitrogens is 1. The van der Waals surface area contributed by atoms with Gasteiger partial charge in [0.25, 0.3) is 0 Å². The summed E-state index contributed by atoms with van der Waals surface area (Å²) in [7, 11) is 1.71. The molecule has 0 spiro atoms. The number of hydrogen-bond donors (Lipinski definition) is 1. The van der Waals surface area contributed by atoms with Crippen LogP contribution in [-0.2, 0) is 16.0 Å². The standard InChI is InChI=1S/C22H34N4O2/c1-3-23-22(26-13-9-19(17-26)18-28-16-15-27-2)24-11-6-12-25-14-10-20-7-4-5-8-21(20)25/h4-5,7-8,10,14,19H,3,6,9,11-13,15-18H2,1-2H3,(H,23,24). The summed E-state index contributed by atoms with van der Waals surface area (Å²) in [6.07, 6.45) is 4.37. The lowest BCUT2D eigenvalue weighted by molar-refractivity contribution is 0.0536. The SMILES string of the molecule is CCNC(=NCCCn1ccc2ccccc21)N1CCC(COCCOC)C1. The number of para-hydroxylation sites is 1. The van der Waals surface area contributed by atoms with Gasteiger partial charge in [-0.1, -0.05) is 18.2 Å². The molecule has 1 atom stereocenters. The van der Waals surface area contributed by atoms with Gasteiger partial charge in [0, 0.05) is 57.5 Å². The smallest absolute Gasteiger partial charge is 0.193 e. The largest absolute Gasteiger partial charge is 0.382 e. The number of nitrogens with one attached hydrogen (secondary N) is 1. The highest BCUT2D eigenvalue weighted by Crippen LogP contribution is 2.17. The molecule has 0 aliphatic carbocycles. The molecule has 154 valence electrons. The van der Waals surface area contributed by atoms with Gasteiger partial charge in [-0.25, -0.2) is 0 Å². The first-order valence-electron chi connectivity index (χ1n) is 10.5. The van der Waals surface area contributed by atoms with Crippen LogP contribution in [0.1, 0.15) is 19.8 Å². The van der Waals surface area contributed by atoms with E-state index in [0.29, 0.717) is 19.1 Å². The van der Waals surface area contributed by atoms with Crippen LogP contribution in [-0.4, -0.2) is 68.5 Å². The van der Waals surface area contributed by atoms with E-state index >= 15 is 0 Å². The van der Waals surface area contributed by atoms with Crippen LogP contribution in [0.5, 0.6) is 0 Å². The van der Waals surface area contributed by atoms with Crippen LogP contribution in [0.2, 0.25) is 0 Å². The molecule has 1 unspecified atom stereocenters. The van der Waals surface area contributed by atoms with E-state index in [1.807, 2.05) is 0 Å². The summed E-state index contributed by atoms with van der Waals surface area (Å²) in [4.78, 5) is 7.25. The number of nitrogens with zero attached hydrogens (tertiary/aromatic N) is 3. The Morgan fingerprint density at radius 2 is 2.14 bits per heavy atom. The fraction of sp³-hybridized carbons (Fsp3) is 0.591. The molecule has 1 fully saturated rings. The number of aryl methyl sites for hydroxylation is 1. The highest BCUT2D eigenvalue weighted by molar-refractivity contribution is 5.80. The Bertz CT molecular complexity index is 743. The van der Waals surface area contributed by atoms with Gasteiger partial charge in [-0.05, 0) is 37.3 Å². The van der Waals surface area contributed by atoms with Crippen LogP contribution < -0.4 is 5.32 Å². The maximum absolute atomic E-state index is 5.71. The van der Waals surface area contributed by atoms with Crippen LogP contribution in [0.3, 0.4) is 0 Å². The van der Waals surface area contributed by atoms with Crippen molar-refractivity contribution in [2.75, 3.05) is 53.1 Å². The first kappa shape index (κ1) is 20.7. The van der Waals surface area contributed by atoms with Gasteiger partial charge in [-0.15, -0.1) is 0 Å². The zero-order chi connectivity index (χ0) is 19.6. The molecule has 1 aromatic heterocycles. The van der Waals surface area contributed by atoms with Crippen LogP contribution in [0.4, 0.5) is 0 Å². The van der Waals surface area contributed by atoms with Crippen LogP contribution in [0.15, 0.2) is 41.5 Å². The number of likely N-dealkylation sites (tertiary alicyclic amines) is 1. The van der Waals surface area contributed by atoms with E-state index in [1.165, 1.54) is 10.9 Å². The molecule has 6 nitrogen and oxygen atoms in total. The number of ether oxygens (including phenoxy) is 2. The van der Waals surface area contributed by atoms with Crippen molar-refractivity contribution in [2.24, 2.45) is 10.9 Å². The van der Waals surface area contributed by atoms with Crippen molar-refractivity contribution in [3.8, 4) is 0 Å². The lowest BCUT2D eigenvalue weighted by Crippen LogP contribution is -2.40. The van der Waals surface area contributed by atoms with E-state index in [1.54, 1.807) is 7.11 Å². The van der Waals surface area contributed by atoms with Crippen molar-refractivity contribution in [1.29, 1.82) is 0 Å². The van der Waals surface area contributed by atoms with Crippen molar-refractivity contribution in [3.63, 3.8) is 0 Å². The molecule has 3 rings (SSSR count). The summed E-state index contributed by atoms with van der Waals surface area (Å²) in [5.41, 5.74) is 1.30. The molecule has 28 heavy (non-hydrogen) atoms. The van der Waals surface area contributed by atoms with Gasteiger partial charge in [-0.3, -0.25) is 4.99 Å². The molecule has 0 radical (unpaired) electrons. The number of fused-ring (bicyclic) bond motifs is 1. The fourth-order valence-corrected chi connectivity index (χ4v) is 3.74. The minimum Gasteiger partial charge on any atom is -0.382 e. The third-order valence-electron chi connectivity index (χ3n) is 5.20. The summed E-state index contributed by atoms with van der Waals surface area (Å²) in [6, 6.07) is 10.7. The maximum atomic E-state index is 5.71. The highest BCUT2D eigenvalue weighted by Gasteiger charge is 2.24. The van der Waals surface area contributed by atoms with Crippen molar-refractivity contribution in [2.45, 2.75) is 26.3 Å². The van der Waals surface area contributed by atoms with Crippen molar-refractivity contribution >= 4 is 16.9 Å². The molecule has 0 saturated carbocycles. The van der Waals surface area contributed by atoms with E-state index < -0.39 is 0 Å². The summed E-state index contributed by atoms with van der Waals surface area (Å²) in [5, 5.41) is 4.75. The molecule has 0 bridgehead atoms. The molecule has 1 aliphatic rings. The highest BCUT2D eigenvalue weighted by atomic mass is 16.5. The van der Waals surface area contributed by atoms with Gasteiger partial charge in [-0.2, -0.15) is 0 Å². The van der Waals surface area contributed by atoms with Gasteiger partial charge in [0.15, 0.2) is 5.96 Å². The first-order valence-corrected chi connectivity index (χ1v) is 10.5. The number of hydrogen-bond acceptors (Lipinski definition) is 3. The lowest BCUT2D eigenvalue weighted by atomic mass is 10.1. The van der Waals surface area contributed by atoms with Crippen LogP contribution in [0, 0.1) is 5.92 Å². The topological polar surface area (TPSA) is 51.0 Å². The van der Waals surface area contributed by atoms with Crippen LogP contribution >= 0.6 is 0 Å². The molecule has 0 amide bonds. The molecule has 1 N–H and O–H groups in total. The second kappa shape index (κ2) is 11.1. The Balaban J connectivity index is 1.46. The normalized spacial score (nSPS) is 17.6. The third kappa shape index (κ3) is 5.72. The minimum atomic E-state index is 0.576. The molecule has 2 aromatic rings. The van der Waals surface area contributed by atoms with Crippen molar-refractivity contribution < 1.29 is 9.47 Å².